The van der Waals surface area contributed by atoms with Gasteiger partial charge in [0.15, 0.2) is 11.9 Å². The summed E-state index contributed by atoms with van der Waals surface area (Å²) in [6.07, 6.45) is -16.3. The fourth-order valence-corrected chi connectivity index (χ4v) is 6.89. The second-order valence-electron chi connectivity index (χ2n) is 14.4. The predicted octanol–water partition coefficient (Wildman–Crippen LogP) is 9.25. The number of allylic oxidation sites excluding steroid dienone is 1. The molecule has 2 aromatic rings. The van der Waals surface area contributed by atoms with Gasteiger partial charge in [0.2, 0.25) is 0 Å². The monoisotopic (exact) mass is 766 g/mol. The number of rotatable bonds is 10. The lowest BCUT2D eigenvalue weighted by molar-refractivity contribution is -0.158. The number of amides is 1. The largest absolute Gasteiger partial charge is 0.496 e. The fourth-order valence-electron chi connectivity index (χ4n) is 6.89. The molecule has 0 radical (unpaired) electrons. The Kier molecular flexibility index (Phi) is 11.2. The lowest BCUT2D eigenvalue weighted by atomic mass is 9.72. The first-order chi connectivity index (χ1) is 24.2. The number of cyclic esters (lactones) is 1. The number of hydrogen-bond donors (Lipinski definition) is 0. The van der Waals surface area contributed by atoms with Crippen LogP contribution >= 0.6 is 0 Å². The summed E-state index contributed by atoms with van der Waals surface area (Å²) in [6, 6.07) is 1.94. The van der Waals surface area contributed by atoms with Crippen molar-refractivity contribution in [1.29, 1.82) is 0 Å². The van der Waals surface area contributed by atoms with Gasteiger partial charge in [0.25, 0.3) is 0 Å². The van der Waals surface area contributed by atoms with E-state index in [4.69, 9.17) is 14.2 Å². The van der Waals surface area contributed by atoms with Crippen LogP contribution in [-0.4, -0.2) is 62.1 Å². The number of carbonyl (C=O) groups is 3. The lowest BCUT2D eigenvalue weighted by Crippen LogP contribution is -2.44. The topological polar surface area (TPSA) is 85.4 Å². The maximum Gasteiger partial charge on any atom is 0.418 e. The third-order valence-corrected chi connectivity index (χ3v) is 9.40. The normalized spacial score (nSPS) is 20.5. The number of benzene rings is 2. The third kappa shape index (κ3) is 9.21. The molecule has 1 saturated heterocycles. The fraction of sp³-hybridized carbons (Fsp3) is 0.528. The number of aldehydes is 1. The molecule has 17 heteroatoms. The minimum atomic E-state index is -5.13. The second kappa shape index (κ2) is 14.4. The van der Waals surface area contributed by atoms with Crippen molar-refractivity contribution in [2.45, 2.75) is 90.2 Å². The van der Waals surface area contributed by atoms with E-state index >= 15 is 0 Å². The van der Waals surface area contributed by atoms with E-state index in [9.17, 15) is 53.9 Å². The van der Waals surface area contributed by atoms with Crippen molar-refractivity contribution in [1.82, 2.24) is 4.90 Å². The zero-order chi connectivity index (χ0) is 40.1. The van der Waals surface area contributed by atoms with Crippen molar-refractivity contribution in [3.8, 4) is 5.75 Å². The number of hydrogen-bond acceptors (Lipinski definition) is 7. The molecule has 0 N–H and O–H groups in total. The number of likely N-dealkylation sites (N-methyl/N-ethyl adjacent to an activating group) is 1. The average Bonchev–Trinajstić information content (AvgIpc) is 3.30. The molecule has 2 aromatic carbocycles. The number of esters is 1. The Bertz CT molecular complexity index is 1750. The molecule has 1 aliphatic carbocycles. The summed E-state index contributed by atoms with van der Waals surface area (Å²) in [6.45, 7) is 6.88. The quantitative estimate of drug-likeness (QED) is 0.135. The van der Waals surface area contributed by atoms with E-state index in [-0.39, 0.29) is 41.4 Å². The van der Waals surface area contributed by atoms with Gasteiger partial charge in [-0.15, -0.1) is 0 Å². The molecule has 3 atom stereocenters. The highest BCUT2D eigenvalue weighted by Crippen LogP contribution is 2.49. The molecular weight excluding hydrogens is 727 g/mol. The lowest BCUT2D eigenvalue weighted by Gasteiger charge is -2.36. The minimum Gasteiger partial charge on any atom is -0.496 e. The summed E-state index contributed by atoms with van der Waals surface area (Å²) in [4.78, 5) is 39.1. The first-order valence-corrected chi connectivity index (χ1v) is 16.3. The number of anilines is 1. The number of carbonyl (C=O) groups excluding carboxylic acids is 3. The zero-order valence-corrected chi connectivity index (χ0v) is 29.9. The van der Waals surface area contributed by atoms with Crippen LogP contribution in [0.2, 0.25) is 0 Å². The SMILES string of the molecule is COc1cc(C(F)(F)F)c(N(C)CC(C)(C=O)OC(C)=O)cc1C1=C(CN2C(=O)O[C@H](c3cc(C(F)(F)F)cc(C(F)(F)F)c3)[C@@H]2C)CC(C)(C)CC1. The number of nitrogens with zero attached hydrogens (tertiary/aromatic N) is 2. The Morgan fingerprint density at radius 3 is 2.08 bits per heavy atom. The third-order valence-electron chi connectivity index (χ3n) is 9.40. The zero-order valence-electron chi connectivity index (χ0n) is 29.9. The number of ether oxygens (including phenoxy) is 3. The van der Waals surface area contributed by atoms with E-state index in [1.54, 1.807) is 0 Å². The van der Waals surface area contributed by atoms with E-state index in [2.05, 4.69) is 0 Å². The summed E-state index contributed by atoms with van der Waals surface area (Å²) in [5, 5.41) is 0. The molecule has 1 unspecified atom stereocenters. The first-order valence-electron chi connectivity index (χ1n) is 16.3. The molecule has 4 rings (SSSR count). The Morgan fingerprint density at radius 1 is 1.00 bits per heavy atom. The van der Waals surface area contributed by atoms with Gasteiger partial charge in [-0.3, -0.25) is 14.5 Å². The molecule has 1 fully saturated rings. The van der Waals surface area contributed by atoms with Gasteiger partial charge in [0, 0.05) is 31.8 Å². The van der Waals surface area contributed by atoms with E-state index in [1.165, 1.54) is 34.1 Å². The molecule has 0 bridgehead atoms. The smallest absolute Gasteiger partial charge is 0.418 e. The summed E-state index contributed by atoms with van der Waals surface area (Å²) < 4.78 is 141. The van der Waals surface area contributed by atoms with Crippen molar-refractivity contribution in [3.63, 3.8) is 0 Å². The van der Waals surface area contributed by atoms with Gasteiger partial charge < -0.3 is 19.1 Å². The van der Waals surface area contributed by atoms with E-state index in [0.29, 0.717) is 42.4 Å². The highest BCUT2D eigenvalue weighted by atomic mass is 19.4. The van der Waals surface area contributed by atoms with Crippen LogP contribution in [-0.2, 0) is 37.6 Å². The van der Waals surface area contributed by atoms with Crippen molar-refractivity contribution < 1.29 is 68.1 Å². The van der Waals surface area contributed by atoms with Gasteiger partial charge in [-0.05, 0) is 85.6 Å². The van der Waals surface area contributed by atoms with Crippen LogP contribution in [0.3, 0.4) is 0 Å². The highest BCUT2D eigenvalue weighted by Gasteiger charge is 2.45. The van der Waals surface area contributed by atoms with Crippen LogP contribution in [0.15, 0.2) is 35.9 Å². The molecular formula is C36H39F9N2O6. The molecule has 1 aliphatic heterocycles. The van der Waals surface area contributed by atoms with E-state index in [1.807, 2.05) is 13.8 Å². The van der Waals surface area contributed by atoms with Crippen molar-refractivity contribution in [2.75, 3.05) is 32.1 Å². The second-order valence-corrected chi connectivity index (χ2v) is 14.4. The van der Waals surface area contributed by atoms with Crippen LogP contribution in [0.1, 0.15) is 87.8 Å². The van der Waals surface area contributed by atoms with Crippen LogP contribution in [0.4, 0.5) is 50.0 Å². The van der Waals surface area contributed by atoms with Crippen molar-refractivity contribution >= 4 is 29.6 Å². The van der Waals surface area contributed by atoms with Gasteiger partial charge in [-0.2, -0.15) is 39.5 Å². The standard InChI is InChI=1S/C36H39F9N2O6/c1-19-30(21-10-23(34(37,38)39)12-24(11-21)35(40,41)42)52-31(50)47(19)16-22-15-32(3,4)9-8-25(22)26-13-28(27(36(43,44)45)14-29(26)51-7)46(6)17-33(5,18-48)53-20(2)49/h10-14,18-19,30H,8-9,15-17H2,1-7H3/t19-,30-,33?/m0/s1. The first kappa shape index (κ1) is 41.3. The van der Waals surface area contributed by atoms with Gasteiger partial charge >= 0.3 is 30.6 Å². The number of methoxy groups -OCH3 is 1. The van der Waals surface area contributed by atoms with Gasteiger partial charge in [-0.1, -0.05) is 13.8 Å². The van der Waals surface area contributed by atoms with Gasteiger partial charge in [0.05, 0.1) is 36.4 Å². The van der Waals surface area contributed by atoms with Crippen LogP contribution in [0, 0.1) is 5.41 Å². The number of alkyl halides is 9. The predicted molar refractivity (Wildman–Crippen MR) is 174 cm³/mol. The average molecular weight is 767 g/mol. The summed E-state index contributed by atoms with van der Waals surface area (Å²) in [7, 11) is 2.46. The summed E-state index contributed by atoms with van der Waals surface area (Å²) in [5.74, 6) is -0.997. The molecule has 1 amide bonds. The molecule has 292 valence electrons. The highest BCUT2D eigenvalue weighted by molar-refractivity contribution is 5.80. The van der Waals surface area contributed by atoms with Crippen LogP contribution in [0.25, 0.3) is 5.57 Å². The Labute approximate surface area is 299 Å². The Morgan fingerprint density at radius 2 is 1.58 bits per heavy atom. The minimum absolute atomic E-state index is 0.0250. The molecule has 0 spiro atoms. The molecule has 0 aromatic heterocycles. The van der Waals surface area contributed by atoms with Crippen molar-refractivity contribution in [3.05, 3.63) is 63.7 Å². The van der Waals surface area contributed by atoms with Crippen molar-refractivity contribution in [2.24, 2.45) is 5.41 Å². The maximum absolute atomic E-state index is 14.5. The summed E-state index contributed by atoms with van der Waals surface area (Å²) >= 11 is 0. The Balaban J connectivity index is 1.83. The maximum atomic E-state index is 14.5. The van der Waals surface area contributed by atoms with Crippen LogP contribution < -0.4 is 9.64 Å². The molecule has 8 nitrogen and oxygen atoms in total. The molecule has 53 heavy (non-hydrogen) atoms. The molecule has 2 aliphatic rings. The van der Waals surface area contributed by atoms with E-state index in [0.717, 1.165) is 22.8 Å². The Hall–Kier alpha value is -4.44. The molecule has 1 heterocycles. The molecule has 0 saturated carbocycles. The van der Waals surface area contributed by atoms with Gasteiger partial charge in [0.1, 0.15) is 11.9 Å². The number of halogens is 9. The summed E-state index contributed by atoms with van der Waals surface area (Å²) in [5.41, 5.74) is -6.08. The van der Waals surface area contributed by atoms with Crippen LogP contribution in [0.5, 0.6) is 5.75 Å². The van der Waals surface area contributed by atoms with E-state index < -0.39 is 77.1 Å². The van der Waals surface area contributed by atoms with Gasteiger partial charge in [-0.25, -0.2) is 4.79 Å².